The van der Waals surface area contributed by atoms with Gasteiger partial charge in [0.25, 0.3) is 0 Å². The predicted octanol–water partition coefficient (Wildman–Crippen LogP) is 4.49. The first-order chi connectivity index (χ1) is 9.79. The number of phenolic OH excluding ortho intramolecular Hbond substituents is 1. The van der Waals surface area contributed by atoms with Crippen LogP contribution >= 0.6 is 0 Å². The second kappa shape index (κ2) is 5.93. The minimum absolute atomic E-state index is 0.100. The molecule has 2 aromatic rings. The van der Waals surface area contributed by atoms with E-state index in [1.165, 1.54) is 0 Å². The zero-order valence-corrected chi connectivity index (χ0v) is 12.0. The van der Waals surface area contributed by atoms with Crippen molar-refractivity contribution < 1.29 is 18.3 Å². The Hall–Kier alpha value is -1.75. The molecule has 0 radical (unpaired) electrons. The highest BCUT2D eigenvalue weighted by atomic mass is 19.4. The Labute approximate surface area is 121 Å². The van der Waals surface area contributed by atoms with Crippen molar-refractivity contribution in [2.45, 2.75) is 25.6 Å². The first-order valence-corrected chi connectivity index (χ1v) is 6.77. The lowest BCUT2D eigenvalue weighted by Gasteiger charge is -2.26. The van der Waals surface area contributed by atoms with E-state index in [-0.39, 0.29) is 18.3 Å². The lowest BCUT2D eigenvalue weighted by Crippen LogP contribution is -2.27. The van der Waals surface area contributed by atoms with Crippen molar-refractivity contribution in [2.24, 2.45) is 0 Å². The van der Waals surface area contributed by atoms with Gasteiger partial charge in [-0.05, 0) is 19.4 Å². The Bertz CT molecular complexity index is 624. The summed E-state index contributed by atoms with van der Waals surface area (Å²) in [5.41, 5.74) is 0.637. The quantitative estimate of drug-likeness (QED) is 0.898. The molecule has 0 aliphatic carbocycles. The summed E-state index contributed by atoms with van der Waals surface area (Å²) >= 11 is 0. The largest absolute Gasteiger partial charge is 0.507 e. The van der Waals surface area contributed by atoms with Crippen molar-refractivity contribution in [3.05, 3.63) is 42.0 Å². The molecule has 0 spiro atoms. The number of hydrogen-bond acceptors (Lipinski definition) is 2. The molecule has 0 heterocycles. The van der Waals surface area contributed by atoms with Crippen LogP contribution in [0, 0.1) is 0 Å². The molecule has 1 unspecified atom stereocenters. The summed E-state index contributed by atoms with van der Waals surface area (Å²) < 4.78 is 36.9. The Morgan fingerprint density at radius 2 is 1.81 bits per heavy atom. The van der Waals surface area contributed by atoms with Crippen molar-refractivity contribution in [1.82, 2.24) is 4.90 Å². The monoisotopic (exact) mass is 297 g/mol. The van der Waals surface area contributed by atoms with Crippen LogP contribution in [0.3, 0.4) is 0 Å². The summed E-state index contributed by atoms with van der Waals surface area (Å²) in [6.45, 7) is 1.69. The minimum atomic E-state index is -4.17. The maximum Gasteiger partial charge on any atom is 0.390 e. The smallest absolute Gasteiger partial charge is 0.390 e. The van der Waals surface area contributed by atoms with Gasteiger partial charge in [-0.25, -0.2) is 0 Å². The maximum atomic E-state index is 12.3. The van der Waals surface area contributed by atoms with Gasteiger partial charge in [-0.15, -0.1) is 0 Å². The number of hydrogen-bond donors (Lipinski definition) is 1. The number of alkyl halides is 3. The lowest BCUT2D eigenvalue weighted by atomic mass is 10.00. The molecule has 0 aliphatic heterocycles. The fourth-order valence-corrected chi connectivity index (χ4v) is 2.34. The molecule has 0 saturated heterocycles. The predicted molar refractivity (Wildman–Crippen MR) is 77.3 cm³/mol. The van der Waals surface area contributed by atoms with E-state index >= 15 is 0 Å². The number of halogens is 3. The number of phenols is 1. The van der Waals surface area contributed by atoms with Crippen LogP contribution in [0.1, 0.15) is 24.9 Å². The lowest BCUT2D eigenvalue weighted by molar-refractivity contribution is -0.138. The van der Waals surface area contributed by atoms with E-state index in [1.54, 1.807) is 31.0 Å². The summed E-state index contributed by atoms with van der Waals surface area (Å²) in [4.78, 5) is 1.59. The third-order valence-electron chi connectivity index (χ3n) is 3.79. The Balaban J connectivity index is 2.23. The molecule has 1 N–H and O–H groups in total. The highest BCUT2D eigenvalue weighted by molar-refractivity contribution is 5.89. The molecule has 0 saturated carbocycles. The second-order valence-electron chi connectivity index (χ2n) is 5.25. The maximum absolute atomic E-state index is 12.3. The van der Waals surface area contributed by atoms with E-state index in [4.69, 9.17) is 0 Å². The van der Waals surface area contributed by atoms with E-state index in [1.807, 2.05) is 24.3 Å². The highest BCUT2D eigenvalue weighted by Crippen LogP contribution is 2.34. The fraction of sp³-hybridized carbons (Fsp3) is 0.375. The van der Waals surface area contributed by atoms with Crippen LogP contribution in [0.4, 0.5) is 13.2 Å². The number of rotatable bonds is 4. The van der Waals surface area contributed by atoms with Gasteiger partial charge in [0.15, 0.2) is 0 Å². The molecule has 0 bridgehead atoms. The van der Waals surface area contributed by atoms with Gasteiger partial charge in [0, 0.05) is 23.5 Å². The van der Waals surface area contributed by atoms with Gasteiger partial charge in [0.2, 0.25) is 0 Å². The van der Waals surface area contributed by atoms with Crippen LogP contribution < -0.4 is 0 Å². The number of fused-ring (bicyclic) bond motifs is 1. The van der Waals surface area contributed by atoms with Gasteiger partial charge in [0.05, 0.1) is 6.42 Å². The highest BCUT2D eigenvalue weighted by Gasteiger charge is 2.28. The molecular formula is C16H18F3NO. The third kappa shape index (κ3) is 3.67. The van der Waals surface area contributed by atoms with Crippen LogP contribution in [0.15, 0.2) is 36.4 Å². The fourth-order valence-electron chi connectivity index (χ4n) is 2.34. The number of nitrogens with zero attached hydrogens (tertiary/aromatic N) is 1. The van der Waals surface area contributed by atoms with E-state index in [0.717, 1.165) is 5.39 Å². The molecule has 2 aromatic carbocycles. The van der Waals surface area contributed by atoms with Crippen LogP contribution in [-0.2, 0) is 0 Å². The van der Waals surface area contributed by atoms with Crippen LogP contribution in [0.25, 0.3) is 10.8 Å². The second-order valence-corrected chi connectivity index (χ2v) is 5.25. The summed E-state index contributed by atoms with van der Waals surface area (Å²) in [5.74, 6) is 0.138. The SMILES string of the molecule is CC(c1ccc2ccccc2c1O)N(C)CCC(F)(F)F. The average Bonchev–Trinajstić information content (AvgIpc) is 2.44. The van der Waals surface area contributed by atoms with Crippen LogP contribution in [0.5, 0.6) is 5.75 Å². The van der Waals surface area contributed by atoms with Crippen molar-refractivity contribution in [1.29, 1.82) is 0 Å². The molecule has 1 atom stereocenters. The van der Waals surface area contributed by atoms with Gasteiger partial charge in [-0.2, -0.15) is 13.2 Å². The van der Waals surface area contributed by atoms with Crippen molar-refractivity contribution in [3.8, 4) is 5.75 Å². The average molecular weight is 297 g/mol. The molecular weight excluding hydrogens is 279 g/mol. The number of benzene rings is 2. The Morgan fingerprint density at radius 3 is 2.48 bits per heavy atom. The van der Waals surface area contributed by atoms with Gasteiger partial charge >= 0.3 is 6.18 Å². The molecule has 114 valence electrons. The van der Waals surface area contributed by atoms with Crippen molar-refractivity contribution in [3.63, 3.8) is 0 Å². The van der Waals surface area contributed by atoms with Gasteiger partial charge in [0.1, 0.15) is 5.75 Å². The summed E-state index contributed by atoms with van der Waals surface area (Å²) in [7, 11) is 1.63. The van der Waals surface area contributed by atoms with E-state index in [2.05, 4.69) is 0 Å². The molecule has 0 fully saturated rings. The Morgan fingerprint density at radius 1 is 1.14 bits per heavy atom. The Kier molecular flexibility index (Phi) is 4.42. The van der Waals surface area contributed by atoms with Gasteiger partial charge in [-0.1, -0.05) is 36.4 Å². The molecule has 5 heteroatoms. The van der Waals surface area contributed by atoms with Crippen molar-refractivity contribution in [2.75, 3.05) is 13.6 Å². The van der Waals surface area contributed by atoms with E-state index < -0.39 is 12.6 Å². The van der Waals surface area contributed by atoms with Crippen molar-refractivity contribution >= 4 is 10.8 Å². The van der Waals surface area contributed by atoms with E-state index in [0.29, 0.717) is 10.9 Å². The molecule has 0 amide bonds. The zero-order valence-electron chi connectivity index (χ0n) is 12.0. The third-order valence-corrected chi connectivity index (χ3v) is 3.79. The topological polar surface area (TPSA) is 23.5 Å². The molecule has 2 rings (SSSR count). The standard InChI is InChI=1S/C16H18F3NO/c1-11(20(2)10-9-16(17,18)19)13-8-7-12-5-3-4-6-14(12)15(13)21/h3-8,11,21H,9-10H2,1-2H3. The van der Waals surface area contributed by atoms with E-state index in [9.17, 15) is 18.3 Å². The van der Waals surface area contributed by atoms with Gasteiger partial charge < -0.3 is 5.11 Å². The normalized spacial score (nSPS) is 13.8. The first-order valence-electron chi connectivity index (χ1n) is 6.77. The van der Waals surface area contributed by atoms with Crippen LogP contribution in [0.2, 0.25) is 0 Å². The molecule has 0 aromatic heterocycles. The minimum Gasteiger partial charge on any atom is -0.507 e. The summed E-state index contributed by atoms with van der Waals surface area (Å²) in [6.07, 6.45) is -5.03. The molecule has 2 nitrogen and oxygen atoms in total. The zero-order chi connectivity index (χ0) is 15.6. The molecule has 0 aliphatic rings. The summed E-state index contributed by atoms with van der Waals surface area (Å²) in [5, 5.41) is 12.0. The number of aromatic hydroxyl groups is 1. The summed E-state index contributed by atoms with van der Waals surface area (Å²) in [6, 6.07) is 10.7. The first kappa shape index (κ1) is 15.6. The van der Waals surface area contributed by atoms with Crippen LogP contribution in [-0.4, -0.2) is 29.8 Å². The van der Waals surface area contributed by atoms with Gasteiger partial charge in [-0.3, -0.25) is 4.90 Å². The molecule has 21 heavy (non-hydrogen) atoms.